The summed E-state index contributed by atoms with van der Waals surface area (Å²) < 4.78 is 40.8. The van der Waals surface area contributed by atoms with Gasteiger partial charge in [-0.15, -0.1) is 0 Å². The molecule has 0 aromatic heterocycles. The van der Waals surface area contributed by atoms with E-state index in [0.717, 1.165) is 26.4 Å². The van der Waals surface area contributed by atoms with Crippen LogP contribution in [0.5, 0.6) is 0 Å². The second-order valence-corrected chi connectivity index (χ2v) is 11.8. The van der Waals surface area contributed by atoms with Crippen molar-refractivity contribution in [2.75, 3.05) is 13.7 Å². The van der Waals surface area contributed by atoms with Gasteiger partial charge in [0.1, 0.15) is 5.82 Å². The van der Waals surface area contributed by atoms with Crippen LogP contribution in [-0.2, 0) is 25.0 Å². The number of halogens is 1. The second kappa shape index (κ2) is 22.5. The van der Waals surface area contributed by atoms with Crippen LogP contribution >= 0.6 is 7.82 Å². The standard InChI is InChI=1S/C30H51FNO5P/c1-3-4-5-6-7-8-9-10-11-12-13-14-15-16-17-18-19-20-30(26-37-38(33,34)35-2)36-25-28-21-27(24-32)22-29(31)23-28/h21-23,30H,3-20,25-26H2,1-2H3,(H,33,34)/t30-/m0/s1. The number of phosphoric acid groups is 1. The van der Waals surface area contributed by atoms with Gasteiger partial charge in [-0.05, 0) is 30.2 Å². The predicted molar refractivity (Wildman–Crippen MR) is 151 cm³/mol. The van der Waals surface area contributed by atoms with Crippen molar-refractivity contribution in [3.05, 3.63) is 35.1 Å². The number of ether oxygens (including phenoxy) is 1. The van der Waals surface area contributed by atoms with Crippen LogP contribution in [0.4, 0.5) is 4.39 Å². The van der Waals surface area contributed by atoms with Crippen LogP contribution in [0.3, 0.4) is 0 Å². The van der Waals surface area contributed by atoms with Crippen molar-refractivity contribution in [3.8, 4) is 6.07 Å². The molecule has 1 N–H and O–H groups in total. The highest BCUT2D eigenvalue weighted by Gasteiger charge is 2.22. The third-order valence-corrected chi connectivity index (χ3v) is 7.79. The van der Waals surface area contributed by atoms with Gasteiger partial charge in [0.2, 0.25) is 0 Å². The number of phosphoric ester groups is 1. The van der Waals surface area contributed by atoms with Gasteiger partial charge in [0.15, 0.2) is 0 Å². The molecule has 0 radical (unpaired) electrons. The highest BCUT2D eigenvalue weighted by Crippen LogP contribution is 2.42. The average Bonchev–Trinajstić information content (AvgIpc) is 2.91. The average molecular weight is 556 g/mol. The number of rotatable bonds is 25. The molecule has 0 saturated carbocycles. The van der Waals surface area contributed by atoms with Gasteiger partial charge in [-0.2, -0.15) is 5.26 Å². The van der Waals surface area contributed by atoms with Crippen molar-refractivity contribution in [2.45, 2.75) is 135 Å². The third-order valence-electron chi connectivity index (χ3n) is 6.86. The van der Waals surface area contributed by atoms with Gasteiger partial charge in [0.25, 0.3) is 0 Å². The number of nitriles is 1. The molecule has 0 saturated heterocycles. The number of hydrogen-bond acceptors (Lipinski definition) is 5. The molecule has 1 rings (SSSR count). The van der Waals surface area contributed by atoms with Crippen LogP contribution < -0.4 is 0 Å². The minimum atomic E-state index is -4.10. The molecular weight excluding hydrogens is 504 g/mol. The van der Waals surface area contributed by atoms with Crippen LogP contribution in [0.1, 0.15) is 134 Å². The summed E-state index contributed by atoms with van der Waals surface area (Å²) in [6.07, 6.45) is 22.3. The molecule has 218 valence electrons. The maximum absolute atomic E-state index is 13.7. The third kappa shape index (κ3) is 18.9. The van der Waals surface area contributed by atoms with Crippen molar-refractivity contribution >= 4 is 7.82 Å². The summed E-state index contributed by atoms with van der Waals surface area (Å²) in [6.45, 7) is 2.25. The molecule has 6 nitrogen and oxygen atoms in total. The molecule has 0 aliphatic rings. The summed E-state index contributed by atoms with van der Waals surface area (Å²) in [6, 6.07) is 5.99. The van der Waals surface area contributed by atoms with Crippen LogP contribution in [0.25, 0.3) is 0 Å². The van der Waals surface area contributed by atoms with Crippen molar-refractivity contribution in [1.29, 1.82) is 5.26 Å². The monoisotopic (exact) mass is 555 g/mol. The van der Waals surface area contributed by atoms with Crippen molar-refractivity contribution in [1.82, 2.24) is 0 Å². The zero-order valence-electron chi connectivity index (χ0n) is 23.8. The van der Waals surface area contributed by atoms with Crippen molar-refractivity contribution in [2.24, 2.45) is 0 Å². The SMILES string of the molecule is CCCCCCCCCCCCCCCCCCC[C@@H](COP(=O)(O)OC)OCc1cc(F)cc(C#N)c1. The molecule has 0 heterocycles. The molecule has 0 bridgehead atoms. The quantitative estimate of drug-likeness (QED) is 0.0955. The largest absolute Gasteiger partial charge is 0.472 e. The van der Waals surface area contributed by atoms with Gasteiger partial charge in [-0.25, -0.2) is 8.96 Å². The molecule has 0 spiro atoms. The number of nitrogens with zero attached hydrogens (tertiary/aromatic N) is 1. The summed E-state index contributed by atoms with van der Waals surface area (Å²) >= 11 is 0. The maximum Gasteiger partial charge on any atom is 0.472 e. The molecule has 0 aliphatic heterocycles. The normalized spacial score (nSPS) is 13.8. The molecule has 8 heteroatoms. The van der Waals surface area contributed by atoms with Gasteiger partial charge < -0.3 is 9.63 Å². The van der Waals surface area contributed by atoms with E-state index in [1.807, 2.05) is 6.07 Å². The zero-order chi connectivity index (χ0) is 27.9. The van der Waals surface area contributed by atoms with E-state index in [0.29, 0.717) is 12.0 Å². The highest BCUT2D eigenvalue weighted by molar-refractivity contribution is 7.47. The molecule has 0 amide bonds. The minimum absolute atomic E-state index is 0.0855. The predicted octanol–water partition coefficient (Wildman–Crippen LogP) is 9.39. The van der Waals surface area contributed by atoms with E-state index in [1.165, 1.54) is 102 Å². The minimum Gasteiger partial charge on any atom is -0.371 e. The fraction of sp³-hybridized carbons (Fsp3) is 0.767. The van der Waals surface area contributed by atoms with E-state index in [9.17, 15) is 13.8 Å². The van der Waals surface area contributed by atoms with Gasteiger partial charge in [0.05, 0.1) is 31.0 Å². The van der Waals surface area contributed by atoms with Gasteiger partial charge >= 0.3 is 7.82 Å². The number of unbranched alkanes of at least 4 members (excludes halogenated alkanes) is 16. The first-order valence-electron chi connectivity index (χ1n) is 14.7. The Labute approximate surface area is 230 Å². The summed E-state index contributed by atoms with van der Waals surface area (Å²) in [5.41, 5.74) is 0.761. The number of benzene rings is 1. The van der Waals surface area contributed by atoms with Crippen molar-refractivity contribution < 1.29 is 27.6 Å². The van der Waals surface area contributed by atoms with E-state index >= 15 is 0 Å². The Balaban J connectivity index is 2.16. The molecule has 0 aliphatic carbocycles. The van der Waals surface area contributed by atoms with E-state index < -0.39 is 19.7 Å². The van der Waals surface area contributed by atoms with Gasteiger partial charge in [-0.3, -0.25) is 9.05 Å². The smallest absolute Gasteiger partial charge is 0.371 e. The van der Waals surface area contributed by atoms with Gasteiger partial charge in [0, 0.05) is 7.11 Å². The maximum atomic E-state index is 13.7. The lowest BCUT2D eigenvalue weighted by atomic mass is 10.0. The Morgan fingerprint density at radius 1 is 0.868 bits per heavy atom. The van der Waals surface area contributed by atoms with Crippen molar-refractivity contribution in [3.63, 3.8) is 0 Å². The Bertz CT molecular complexity index is 816. The second-order valence-electron chi connectivity index (χ2n) is 10.3. The zero-order valence-corrected chi connectivity index (χ0v) is 24.7. The Hall–Kier alpha value is -1.29. The molecule has 2 atom stereocenters. The Kier molecular flexibility index (Phi) is 20.6. The molecule has 0 fully saturated rings. The number of hydrogen-bond donors (Lipinski definition) is 1. The van der Waals surface area contributed by atoms with Crippen LogP contribution in [0.2, 0.25) is 0 Å². The van der Waals surface area contributed by atoms with E-state index in [-0.39, 0.29) is 18.8 Å². The van der Waals surface area contributed by atoms with E-state index in [4.69, 9.17) is 14.5 Å². The lowest BCUT2D eigenvalue weighted by Gasteiger charge is -2.19. The summed E-state index contributed by atoms with van der Waals surface area (Å²) in [5, 5.41) is 9.03. The molecule has 1 unspecified atom stereocenters. The summed E-state index contributed by atoms with van der Waals surface area (Å²) in [7, 11) is -2.99. The summed E-state index contributed by atoms with van der Waals surface area (Å²) in [4.78, 5) is 9.55. The summed E-state index contributed by atoms with van der Waals surface area (Å²) in [5.74, 6) is -0.497. The fourth-order valence-corrected chi connectivity index (χ4v) is 5.01. The highest BCUT2D eigenvalue weighted by atomic mass is 31.2. The Morgan fingerprint density at radius 3 is 1.84 bits per heavy atom. The molecular formula is C30H51FNO5P. The topological polar surface area (TPSA) is 88.8 Å². The first kappa shape index (κ1) is 34.7. The molecule has 38 heavy (non-hydrogen) atoms. The lowest BCUT2D eigenvalue weighted by molar-refractivity contribution is -0.00516. The van der Waals surface area contributed by atoms with E-state index in [1.54, 1.807) is 6.07 Å². The fourth-order valence-electron chi connectivity index (χ4n) is 4.55. The lowest BCUT2D eigenvalue weighted by Crippen LogP contribution is -2.19. The molecule has 1 aromatic carbocycles. The first-order chi connectivity index (χ1) is 18.4. The first-order valence-corrected chi connectivity index (χ1v) is 16.2. The Morgan fingerprint density at radius 2 is 1.37 bits per heavy atom. The van der Waals surface area contributed by atoms with Crippen LogP contribution in [-0.4, -0.2) is 24.7 Å². The molecule has 1 aromatic rings. The van der Waals surface area contributed by atoms with E-state index in [2.05, 4.69) is 11.4 Å². The van der Waals surface area contributed by atoms with Crippen LogP contribution in [0.15, 0.2) is 18.2 Å². The van der Waals surface area contributed by atoms with Gasteiger partial charge in [-0.1, -0.05) is 116 Å². The van der Waals surface area contributed by atoms with Crippen LogP contribution in [0, 0.1) is 17.1 Å².